The largest absolute Gasteiger partial charge is 0.481 e. The summed E-state index contributed by atoms with van der Waals surface area (Å²) in [4.78, 5) is 23.6. The summed E-state index contributed by atoms with van der Waals surface area (Å²) in [6.07, 6.45) is 9.77. The summed E-state index contributed by atoms with van der Waals surface area (Å²) in [7, 11) is 1.57. The lowest BCUT2D eigenvalue weighted by atomic mass is 9.78. The molecule has 2 saturated heterocycles. The Labute approximate surface area is 182 Å². The minimum atomic E-state index is -0.140. The average molecular weight is 427 g/mol. The predicted molar refractivity (Wildman–Crippen MR) is 112 cm³/mol. The Balaban J connectivity index is 1.16. The molecule has 1 amide bonds. The van der Waals surface area contributed by atoms with Gasteiger partial charge in [-0.3, -0.25) is 4.79 Å². The maximum absolute atomic E-state index is 12.8. The van der Waals surface area contributed by atoms with E-state index in [0.29, 0.717) is 36.4 Å². The first-order valence-corrected chi connectivity index (χ1v) is 11.4. The Morgan fingerprint density at radius 2 is 2.10 bits per heavy atom. The Hall–Kier alpha value is -2.48. The van der Waals surface area contributed by atoms with E-state index in [4.69, 9.17) is 14.0 Å². The number of carbonyl (C=O) groups excluding carboxylic acids is 1. The van der Waals surface area contributed by atoms with E-state index < -0.39 is 0 Å². The fourth-order valence-corrected chi connectivity index (χ4v) is 5.01. The number of rotatable bonds is 5. The maximum atomic E-state index is 12.8. The highest BCUT2D eigenvalue weighted by Gasteiger charge is 2.41. The van der Waals surface area contributed by atoms with Gasteiger partial charge in [-0.15, -0.1) is 0 Å². The van der Waals surface area contributed by atoms with Gasteiger partial charge in [0, 0.05) is 44.3 Å². The second-order valence-corrected chi connectivity index (χ2v) is 9.15. The minimum absolute atomic E-state index is 0.0210. The molecule has 1 unspecified atom stereocenters. The van der Waals surface area contributed by atoms with Crippen LogP contribution < -0.4 is 4.74 Å². The highest BCUT2D eigenvalue weighted by atomic mass is 16.5. The molecule has 3 fully saturated rings. The lowest BCUT2D eigenvalue weighted by Crippen LogP contribution is -2.51. The van der Waals surface area contributed by atoms with Crippen molar-refractivity contribution in [1.82, 2.24) is 20.0 Å². The molecule has 1 aliphatic carbocycles. The topological polar surface area (TPSA) is 90.6 Å². The number of amides is 1. The summed E-state index contributed by atoms with van der Waals surface area (Å²) in [6.45, 7) is 2.16. The SMILES string of the molecule is COc1ccc(C(=O)N2CCC3(CC2)CC(Cc2noc(C4CCC4)n2)CCO3)cn1. The molecule has 31 heavy (non-hydrogen) atoms. The zero-order chi connectivity index (χ0) is 21.3. The summed E-state index contributed by atoms with van der Waals surface area (Å²) >= 11 is 0. The van der Waals surface area contributed by atoms with E-state index >= 15 is 0 Å². The van der Waals surface area contributed by atoms with Crippen molar-refractivity contribution in [2.24, 2.45) is 5.92 Å². The molecule has 3 aliphatic rings. The van der Waals surface area contributed by atoms with E-state index in [9.17, 15) is 4.79 Å². The summed E-state index contributed by atoms with van der Waals surface area (Å²) in [5, 5.41) is 4.23. The molecule has 2 aliphatic heterocycles. The van der Waals surface area contributed by atoms with E-state index in [2.05, 4.69) is 15.1 Å². The van der Waals surface area contributed by atoms with Crippen molar-refractivity contribution in [2.45, 2.75) is 62.9 Å². The van der Waals surface area contributed by atoms with Crippen LogP contribution in [0.25, 0.3) is 0 Å². The third kappa shape index (κ3) is 4.31. The second-order valence-electron chi connectivity index (χ2n) is 9.15. The van der Waals surface area contributed by atoms with Crippen molar-refractivity contribution in [3.63, 3.8) is 0 Å². The van der Waals surface area contributed by atoms with Gasteiger partial charge in [-0.25, -0.2) is 4.98 Å². The van der Waals surface area contributed by atoms with Gasteiger partial charge in [-0.05, 0) is 50.5 Å². The molecule has 0 N–H and O–H groups in total. The van der Waals surface area contributed by atoms with Crippen molar-refractivity contribution < 1.29 is 18.8 Å². The Bertz CT molecular complexity index is 901. The monoisotopic (exact) mass is 426 g/mol. The smallest absolute Gasteiger partial charge is 0.255 e. The number of methoxy groups -OCH3 is 1. The van der Waals surface area contributed by atoms with Gasteiger partial charge in [0.25, 0.3) is 5.91 Å². The van der Waals surface area contributed by atoms with Gasteiger partial charge >= 0.3 is 0 Å². The number of aromatic nitrogens is 3. The standard InChI is InChI=1S/C23H30N4O4/c1-29-20-6-5-18(15-24-20)22(28)27-10-8-23(9-11-27)14-16(7-12-30-23)13-19-25-21(31-26-19)17-3-2-4-17/h5-6,15-17H,2-4,7-14H2,1H3. The van der Waals surface area contributed by atoms with Crippen LogP contribution >= 0.6 is 0 Å². The van der Waals surface area contributed by atoms with E-state index in [-0.39, 0.29) is 11.5 Å². The third-order valence-electron chi connectivity index (χ3n) is 7.16. The number of pyridine rings is 1. The van der Waals surface area contributed by atoms with Crippen molar-refractivity contribution >= 4 is 5.91 Å². The molecule has 8 nitrogen and oxygen atoms in total. The highest BCUT2D eigenvalue weighted by Crippen LogP contribution is 2.39. The summed E-state index contributed by atoms with van der Waals surface area (Å²) in [6, 6.07) is 3.50. The first-order chi connectivity index (χ1) is 15.1. The lowest BCUT2D eigenvalue weighted by molar-refractivity contribution is -0.123. The fourth-order valence-electron chi connectivity index (χ4n) is 5.01. The third-order valence-corrected chi connectivity index (χ3v) is 7.16. The molecule has 166 valence electrons. The first-order valence-electron chi connectivity index (χ1n) is 11.4. The molecule has 1 spiro atoms. The number of carbonyl (C=O) groups is 1. The van der Waals surface area contributed by atoms with Gasteiger partial charge in [0.2, 0.25) is 11.8 Å². The number of likely N-dealkylation sites (tertiary alicyclic amines) is 1. The maximum Gasteiger partial charge on any atom is 0.255 e. The normalized spacial score (nSPS) is 23.5. The van der Waals surface area contributed by atoms with Crippen LogP contribution in [0.3, 0.4) is 0 Å². The Kier molecular flexibility index (Phi) is 5.65. The number of ether oxygens (including phenoxy) is 2. The number of hydrogen-bond donors (Lipinski definition) is 0. The van der Waals surface area contributed by atoms with E-state index in [1.807, 2.05) is 4.90 Å². The molecule has 5 rings (SSSR count). The lowest BCUT2D eigenvalue weighted by Gasteiger charge is -2.46. The summed E-state index contributed by atoms with van der Waals surface area (Å²) < 4.78 is 16.8. The molecule has 1 atom stereocenters. The molecule has 0 aromatic carbocycles. The number of hydrogen-bond acceptors (Lipinski definition) is 7. The summed E-state index contributed by atoms with van der Waals surface area (Å²) in [5.41, 5.74) is 0.455. The van der Waals surface area contributed by atoms with Crippen LogP contribution in [0.1, 0.15) is 72.9 Å². The zero-order valence-corrected chi connectivity index (χ0v) is 18.1. The van der Waals surface area contributed by atoms with Gasteiger partial charge in [-0.2, -0.15) is 4.98 Å². The van der Waals surface area contributed by atoms with Crippen molar-refractivity contribution in [1.29, 1.82) is 0 Å². The van der Waals surface area contributed by atoms with Gasteiger partial charge < -0.3 is 18.9 Å². The molecule has 4 heterocycles. The molecular weight excluding hydrogens is 396 g/mol. The van der Waals surface area contributed by atoms with Gasteiger partial charge in [0.1, 0.15) is 0 Å². The van der Waals surface area contributed by atoms with Crippen LogP contribution in [0.4, 0.5) is 0 Å². The van der Waals surface area contributed by atoms with Crippen molar-refractivity contribution in [2.75, 3.05) is 26.8 Å². The molecule has 0 radical (unpaired) electrons. The molecule has 0 bridgehead atoms. The van der Waals surface area contributed by atoms with Crippen LogP contribution in [-0.2, 0) is 11.2 Å². The van der Waals surface area contributed by atoms with E-state index in [1.54, 1.807) is 25.4 Å². The molecule has 1 saturated carbocycles. The first kappa shape index (κ1) is 20.4. The molecular formula is C23H30N4O4. The molecule has 2 aromatic rings. The van der Waals surface area contributed by atoms with Crippen LogP contribution in [-0.4, -0.2) is 58.3 Å². The second kappa shape index (κ2) is 8.57. The van der Waals surface area contributed by atoms with Crippen molar-refractivity contribution in [3.05, 3.63) is 35.6 Å². The van der Waals surface area contributed by atoms with E-state index in [1.165, 1.54) is 19.3 Å². The van der Waals surface area contributed by atoms with Gasteiger partial charge in [-0.1, -0.05) is 11.6 Å². The molecule has 2 aromatic heterocycles. The Morgan fingerprint density at radius 3 is 2.77 bits per heavy atom. The van der Waals surface area contributed by atoms with E-state index in [0.717, 1.165) is 50.4 Å². The number of piperidine rings is 1. The minimum Gasteiger partial charge on any atom is -0.481 e. The fraction of sp³-hybridized carbons (Fsp3) is 0.652. The highest BCUT2D eigenvalue weighted by molar-refractivity contribution is 5.94. The van der Waals surface area contributed by atoms with Crippen LogP contribution in [0.15, 0.2) is 22.9 Å². The molecule has 8 heteroatoms. The number of nitrogens with zero attached hydrogens (tertiary/aromatic N) is 4. The predicted octanol–water partition coefficient (Wildman–Crippen LogP) is 3.38. The van der Waals surface area contributed by atoms with Crippen LogP contribution in [0.2, 0.25) is 0 Å². The van der Waals surface area contributed by atoms with Crippen LogP contribution in [0, 0.1) is 5.92 Å². The van der Waals surface area contributed by atoms with Crippen LogP contribution in [0.5, 0.6) is 5.88 Å². The Morgan fingerprint density at radius 1 is 1.26 bits per heavy atom. The average Bonchev–Trinajstić information content (AvgIpc) is 3.20. The van der Waals surface area contributed by atoms with Crippen molar-refractivity contribution in [3.8, 4) is 5.88 Å². The summed E-state index contributed by atoms with van der Waals surface area (Å²) in [5.74, 6) is 3.16. The van der Waals surface area contributed by atoms with Gasteiger partial charge in [0.15, 0.2) is 5.82 Å². The quantitative estimate of drug-likeness (QED) is 0.724. The zero-order valence-electron chi connectivity index (χ0n) is 18.1. The van der Waals surface area contributed by atoms with Gasteiger partial charge in [0.05, 0.1) is 18.3 Å².